The van der Waals surface area contributed by atoms with Gasteiger partial charge in [-0.3, -0.25) is 4.99 Å². The van der Waals surface area contributed by atoms with Crippen LogP contribution in [0.4, 0.5) is 0 Å². The highest BCUT2D eigenvalue weighted by molar-refractivity contribution is 9.10. The average Bonchev–Trinajstić information content (AvgIpc) is 2.67. The van der Waals surface area contributed by atoms with Gasteiger partial charge in [-0.25, -0.2) is 0 Å². The van der Waals surface area contributed by atoms with Gasteiger partial charge in [-0.05, 0) is 43.7 Å². The average molecular weight is 451 g/mol. The van der Waals surface area contributed by atoms with E-state index in [1.165, 1.54) is 21.6 Å². The van der Waals surface area contributed by atoms with Gasteiger partial charge in [-0.2, -0.15) is 12.6 Å². The molecule has 0 aromatic heterocycles. The van der Waals surface area contributed by atoms with Gasteiger partial charge < -0.3 is 10.1 Å². The SMILES string of the molecule is Cc1ccc(SCc2cc(Br)ccc2OCCS)c(C2=NCCCN2)c1. The van der Waals surface area contributed by atoms with Crippen molar-refractivity contribution < 1.29 is 4.74 Å². The second-order valence-electron chi connectivity index (χ2n) is 6.12. The van der Waals surface area contributed by atoms with Crippen LogP contribution in [-0.4, -0.2) is 31.3 Å². The van der Waals surface area contributed by atoms with Crippen molar-refractivity contribution in [2.45, 2.75) is 24.0 Å². The molecule has 0 fully saturated rings. The van der Waals surface area contributed by atoms with Crippen molar-refractivity contribution in [1.82, 2.24) is 5.32 Å². The number of aryl methyl sites for hydroxylation is 1. The summed E-state index contributed by atoms with van der Waals surface area (Å²) in [6, 6.07) is 12.7. The van der Waals surface area contributed by atoms with Crippen LogP contribution >= 0.6 is 40.3 Å². The van der Waals surface area contributed by atoms with Gasteiger partial charge in [0.25, 0.3) is 0 Å². The van der Waals surface area contributed by atoms with Crippen molar-refractivity contribution in [3.63, 3.8) is 0 Å². The van der Waals surface area contributed by atoms with Crippen LogP contribution in [0.2, 0.25) is 0 Å². The molecule has 138 valence electrons. The number of halogens is 1. The molecule has 3 rings (SSSR count). The second kappa shape index (κ2) is 9.72. The number of hydrogen-bond acceptors (Lipinski definition) is 5. The molecule has 0 radical (unpaired) electrons. The third kappa shape index (κ3) is 5.21. The third-order valence-corrected chi connectivity index (χ3v) is 5.84. The van der Waals surface area contributed by atoms with Crippen molar-refractivity contribution in [2.75, 3.05) is 25.4 Å². The van der Waals surface area contributed by atoms with Crippen molar-refractivity contribution >= 4 is 46.2 Å². The Morgan fingerprint density at radius 3 is 2.92 bits per heavy atom. The quantitative estimate of drug-likeness (QED) is 0.454. The van der Waals surface area contributed by atoms with Crippen molar-refractivity contribution in [1.29, 1.82) is 0 Å². The van der Waals surface area contributed by atoms with Crippen LogP contribution in [0.3, 0.4) is 0 Å². The minimum Gasteiger partial charge on any atom is -0.492 e. The Kier molecular flexibility index (Phi) is 7.34. The van der Waals surface area contributed by atoms with Gasteiger partial charge in [0.1, 0.15) is 11.6 Å². The largest absolute Gasteiger partial charge is 0.492 e. The lowest BCUT2D eigenvalue weighted by Gasteiger charge is -2.18. The summed E-state index contributed by atoms with van der Waals surface area (Å²) < 4.78 is 6.91. The van der Waals surface area contributed by atoms with Crippen molar-refractivity contribution in [3.8, 4) is 5.75 Å². The Bertz CT molecular complexity index is 795. The summed E-state index contributed by atoms with van der Waals surface area (Å²) in [6.45, 7) is 4.62. The van der Waals surface area contributed by atoms with Crippen LogP contribution in [-0.2, 0) is 5.75 Å². The van der Waals surface area contributed by atoms with Gasteiger partial charge in [0.2, 0.25) is 0 Å². The van der Waals surface area contributed by atoms with Crippen LogP contribution in [0.5, 0.6) is 5.75 Å². The molecule has 0 amide bonds. The maximum absolute atomic E-state index is 5.85. The van der Waals surface area contributed by atoms with E-state index in [-0.39, 0.29) is 0 Å². The first-order valence-electron chi connectivity index (χ1n) is 8.71. The Morgan fingerprint density at radius 1 is 1.27 bits per heavy atom. The molecule has 0 unspecified atom stereocenters. The zero-order chi connectivity index (χ0) is 18.4. The highest BCUT2D eigenvalue weighted by Gasteiger charge is 2.14. The van der Waals surface area contributed by atoms with E-state index in [9.17, 15) is 0 Å². The molecule has 1 aliphatic heterocycles. The molecule has 26 heavy (non-hydrogen) atoms. The molecule has 6 heteroatoms. The maximum atomic E-state index is 5.85. The monoisotopic (exact) mass is 450 g/mol. The van der Waals surface area contributed by atoms with E-state index in [2.05, 4.69) is 70.1 Å². The number of benzene rings is 2. The van der Waals surface area contributed by atoms with Crippen LogP contribution in [0.1, 0.15) is 23.1 Å². The minimum atomic E-state index is 0.610. The van der Waals surface area contributed by atoms with E-state index in [4.69, 9.17) is 4.74 Å². The van der Waals surface area contributed by atoms with Crippen LogP contribution in [0.15, 0.2) is 50.8 Å². The van der Waals surface area contributed by atoms with Gasteiger partial charge in [0, 0.05) is 45.1 Å². The summed E-state index contributed by atoms with van der Waals surface area (Å²) in [5.74, 6) is 3.49. The lowest BCUT2D eigenvalue weighted by molar-refractivity contribution is 0.341. The number of nitrogens with zero attached hydrogens (tertiary/aromatic N) is 1. The fraction of sp³-hybridized carbons (Fsp3) is 0.350. The first-order valence-corrected chi connectivity index (χ1v) is 11.1. The zero-order valence-electron chi connectivity index (χ0n) is 14.8. The standard InChI is InChI=1S/C20H23BrN2OS2/c1-14-3-6-19(17(11-14)20-22-7-2-8-23-20)26-13-15-12-16(21)4-5-18(15)24-9-10-25/h3-6,11-12,25H,2,7-10,13H2,1H3,(H,22,23). The Balaban J connectivity index is 1.82. The topological polar surface area (TPSA) is 33.6 Å². The number of nitrogens with one attached hydrogen (secondary N) is 1. The lowest BCUT2D eigenvalue weighted by atomic mass is 10.1. The molecular weight excluding hydrogens is 428 g/mol. The van der Waals surface area contributed by atoms with Crippen molar-refractivity contribution in [3.05, 3.63) is 57.6 Å². The zero-order valence-corrected chi connectivity index (χ0v) is 18.1. The highest BCUT2D eigenvalue weighted by Crippen LogP contribution is 2.32. The summed E-state index contributed by atoms with van der Waals surface area (Å²) in [7, 11) is 0. The molecule has 1 heterocycles. The second-order valence-corrected chi connectivity index (χ2v) is 8.50. The fourth-order valence-electron chi connectivity index (χ4n) is 2.78. The van der Waals surface area contributed by atoms with E-state index in [0.717, 1.165) is 41.3 Å². The van der Waals surface area contributed by atoms with Gasteiger partial charge in [0.15, 0.2) is 0 Å². The molecule has 0 bridgehead atoms. The molecular formula is C20H23BrN2OS2. The van der Waals surface area contributed by atoms with E-state index < -0.39 is 0 Å². The lowest BCUT2D eigenvalue weighted by Crippen LogP contribution is -2.30. The highest BCUT2D eigenvalue weighted by atomic mass is 79.9. The molecule has 0 atom stereocenters. The molecule has 1 N–H and O–H groups in total. The molecule has 1 aliphatic rings. The van der Waals surface area contributed by atoms with Crippen LogP contribution in [0.25, 0.3) is 0 Å². The Hall–Kier alpha value is -1.11. The number of ether oxygens (including phenoxy) is 1. The first-order chi connectivity index (χ1) is 12.7. The smallest absolute Gasteiger partial charge is 0.129 e. The number of rotatable bonds is 7. The Labute approximate surface area is 173 Å². The van der Waals surface area contributed by atoms with Crippen LogP contribution in [0, 0.1) is 6.92 Å². The predicted molar refractivity (Wildman–Crippen MR) is 118 cm³/mol. The summed E-state index contributed by atoms with van der Waals surface area (Å²) in [5, 5.41) is 3.45. The number of thiol groups is 1. The number of amidine groups is 1. The van der Waals surface area contributed by atoms with Gasteiger partial charge in [-0.1, -0.05) is 27.6 Å². The molecule has 3 nitrogen and oxygen atoms in total. The van der Waals surface area contributed by atoms with Gasteiger partial charge >= 0.3 is 0 Å². The molecule has 2 aromatic carbocycles. The maximum Gasteiger partial charge on any atom is 0.129 e. The summed E-state index contributed by atoms with van der Waals surface area (Å²) in [5.41, 5.74) is 3.62. The summed E-state index contributed by atoms with van der Waals surface area (Å²) >= 11 is 9.62. The molecule has 0 saturated carbocycles. The summed E-state index contributed by atoms with van der Waals surface area (Å²) in [6.07, 6.45) is 1.10. The number of aliphatic imine (C=N–C) groups is 1. The summed E-state index contributed by atoms with van der Waals surface area (Å²) in [4.78, 5) is 5.92. The molecule has 0 aliphatic carbocycles. The Morgan fingerprint density at radius 2 is 2.15 bits per heavy atom. The predicted octanol–water partition coefficient (Wildman–Crippen LogP) is 5.10. The van der Waals surface area contributed by atoms with Crippen LogP contribution < -0.4 is 10.1 Å². The normalized spacial score (nSPS) is 13.9. The molecule has 0 spiro atoms. The van der Waals surface area contributed by atoms with E-state index in [1.54, 1.807) is 0 Å². The number of thioether (sulfide) groups is 1. The fourth-order valence-corrected chi connectivity index (χ4v) is 4.29. The number of hydrogen-bond donors (Lipinski definition) is 2. The van der Waals surface area contributed by atoms with E-state index in [0.29, 0.717) is 12.4 Å². The van der Waals surface area contributed by atoms with Gasteiger partial charge in [0.05, 0.1) is 6.61 Å². The van der Waals surface area contributed by atoms with Crippen molar-refractivity contribution in [2.24, 2.45) is 4.99 Å². The molecule has 0 saturated heterocycles. The third-order valence-electron chi connectivity index (χ3n) is 4.04. The first kappa shape index (κ1) is 19.6. The molecule has 2 aromatic rings. The van der Waals surface area contributed by atoms with E-state index >= 15 is 0 Å². The van der Waals surface area contributed by atoms with E-state index in [1.807, 2.05) is 23.9 Å². The minimum absolute atomic E-state index is 0.610. The van der Waals surface area contributed by atoms with Gasteiger partial charge in [-0.15, -0.1) is 11.8 Å².